The van der Waals surface area contributed by atoms with Gasteiger partial charge in [-0.3, -0.25) is 4.79 Å². The normalized spacial score (nSPS) is 28.0. The Bertz CT molecular complexity index is 1130. The fourth-order valence-electron chi connectivity index (χ4n) is 7.02. The number of rotatable bonds is 35. The highest BCUT2D eigenvalue weighted by molar-refractivity contribution is 5.69. The van der Waals surface area contributed by atoms with Crippen molar-refractivity contribution < 1.29 is 69.0 Å². The van der Waals surface area contributed by atoms with Crippen LogP contribution >= 0.6 is 0 Å². The summed E-state index contributed by atoms with van der Waals surface area (Å²) in [7, 11) is 0. The van der Waals surface area contributed by atoms with Gasteiger partial charge in [-0.2, -0.15) is 0 Å². The van der Waals surface area contributed by atoms with Crippen LogP contribution in [0.5, 0.6) is 0 Å². The van der Waals surface area contributed by atoms with E-state index >= 15 is 0 Å². The van der Waals surface area contributed by atoms with Crippen LogP contribution in [0.1, 0.15) is 149 Å². The Hall–Kier alpha value is -1.79. The minimum atomic E-state index is -1.71. The number of unbranched alkanes of at least 4 members (excludes halogenated alkanes) is 15. The second-order valence-electron chi connectivity index (χ2n) is 16.2. The minimum absolute atomic E-state index is 0.0512. The van der Waals surface area contributed by atoms with Crippen LogP contribution in [0.2, 0.25) is 0 Å². The summed E-state index contributed by atoms with van der Waals surface area (Å²) in [5.74, 6) is -0.395. The Balaban J connectivity index is 1.82. The number of hydrogen-bond acceptors (Lipinski definition) is 14. The average Bonchev–Trinajstić information content (AvgIpc) is 3.24. The third kappa shape index (κ3) is 23.1. The molecule has 60 heavy (non-hydrogen) atoms. The molecule has 14 heteroatoms. The Labute approximate surface area is 359 Å². The monoisotopic (exact) mass is 859 g/mol. The van der Waals surface area contributed by atoms with Crippen molar-refractivity contribution in [1.29, 1.82) is 0 Å². The number of hydrogen-bond donors (Lipinski definition) is 7. The summed E-state index contributed by atoms with van der Waals surface area (Å²) in [5, 5.41) is 71.9. The fraction of sp³-hybridized carbons (Fsp3) is 0.848. The number of aliphatic hydroxyl groups excluding tert-OH is 7. The van der Waals surface area contributed by atoms with Crippen LogP contribution in [-0.4, -0.2) is 142 Å². The zero-order chi connectivity index (χ0) is 43.8. The number of allylic oxidation sites excluding steroid dienone is 6. The molecule has 14 nitrogen and oxygen atoms in total. The highest BCUT2D eigenvalue weighted by Gasteiger charge is 2.47. The standard InChI is InChI=1S/C46H82O14/c1-3-5-7-9-11-13-15-16-17-18-19-21-23-25-27-29-38(48)58-35(32-55-30-28-26-24-22-20-14-12-10-8-6-4-2)33-56-45-44(54)42(52)40(50)37(60-45)34-57-46-43(53)41(51)39(49)36(31-47)59-46/h8,10-11,13,16-17,35-37,39-47,49-54H,3-7,9,12,14-15,18-34H2,1-2H3/b10-8-,13-11-,17-16-. The van der Waals surface area contributed by atoms with Gasteiger partial charge in [0.15, 0.2) is 12.6 Å². The summed E-state index contributed by atoms with van der Waals surface area (Å²) < 4.78 is 34.1. The first-order chi connectivity index (χ1) is 29.1. The van der Waals surface area contributed by atoms with Crippen LogP contribution in [0, 0.1) is 0 Å². The van der Waals surface area contributed by atoms with Gasteiger partial charge in [-0.1, -0.05) is 115 Å². The van der Waals surface area contributed by atoms with Gasteiger partial charge in [0.2, 0.25) is 0 Å². The summed E-state index contributed by atoms with van der Waals surface area (Å²) in [4.78, 5) is 12.9. The van der Waals surface area contributed by atoms with E-state index in [2.05, 4.69) is 50.3 Å². The number of carbonyl (C=O) groups excluding carboxylic acids is 1. The molecule has 0 aromatic heterocycles. The van der Waals surface area contributed by atoms with Gasteiger partial charge in [-0.25, -0.2) is 0 Å². The van der Waals surface area contributed by atoms with Crippen molar-refractivity contribution in [1.82, 2.24) is 0 Å². The van der Waals surface area contributed by atoms with Crippen molar-refractivity contribution in [2.45, 2.75) is 216 Å². The van der Waals surface area contributed by atoms with Gasteiger partial charge in [-0.15, -0.1) is 0 Å². The molecule has 2 aliphatic heterocycles. The first kappa shape index (κ1) is 54.3. The topological polar surface area (TPSA) is 214 Å². The fourth-order valence-corrected chi connectivity index (χ4v) is 7.02. The maximum absolute atomic E-state index is 12.9. The Morgan fingerprint density at radius 1 is 0.550 bits per heavy atom. The van der Waals surface area contributed by atoms with Crippen molar-refractivity contribution in [2.75, 3.05) is 33.0 Å². The van der Waals surface area contributed by atoms with E-state index in [1.807, 2.05) is 0 Å². The van der Waals surface area contributed by atoms with E-state index in [-0.39, 0.29) is 19.6 Å². The molecule has 0 amide bonds. The zero-order valence-electron chi connectivity index (χ0n) is 36.7. The molecule has 350 valence electrons. The predicted octanol–water partition coefficient (Wildman–Crippen LogP) is 5.46. The molecule has 2 heterocycles. The maximum atomic E-state index is 12.9. The predicted molar refractivity (Wildman–Crippen MR) is 229 cm³/mol. The van der Waals surface area contributed by atoms with Crippen LogP contribution in [-0.2, 0) is 33.2 Å². The summed E-state index contributed by atoms with van der Waals surface area (Å²) in [6.45, 7) is 3.55. The average molecular weight is 859 g/mol. The van der Waals surface area contributed by atoms with Crippen LogP contribution in [0.3, 0.4) is 0 Å². The van der Waals surface area contributed by atoms with Crippen LogP contribution < -0.4 is 0 Å². The molecular weight excluding hydrogens is 776 g/mol. The molecule has 2 fully saturated rings. The molecule has 2 saturated heterocycles. The molecule has 0 radical (unpaired) electrons. The maximum Gasteiger partial charge on any atom is 0.306 e. The number of carbonyl (C=O) groups is 1. The van der Waals surface area contributed by atoms with Gasteiger partial charge in [0.1, 0.15) is 54.9 Å². The van der Waals surface area contributed by atoms with Gasteiger partial charge in [0.25, 0.3) is 0 Å². The first-order valence-corrected chi connectivity index (χ1v) is 23.1. The number of aliphatic hydroxyl groups is 7. The van der Waals surface area contributed by atoms with E-state index in [1.165, 1.54) is 44.9 Å². The Morgan fingerprint density at radius 2 is 1.07 bits per heavy atom. The molecule has 2 rings (SSSR count). The first-order valence-electron chi connectivity index (χ1n) is 23.1. The lowest BCUT2D eigenvalue weighted by molar-refractivity contribution is -0.332. The quantitative estimate of drug-likeness (QED) is 0.0240. The third-order valence-corrected chi connectivity index (χ3v) is 10.9. The van der Waals surface area contributed by atoms with Crippen molar-refractivity contribution in [3.05, 3.63) is 36.5 Å². The second kappa shape index (κ2) is 34.7. The molecule has 0 aromatic rings. The van der Waals surface area contributed by atoms with Crippen LogP contribution in [0.4, 0.5) is 0 Å². The molecule has 0 aliphatic carbocycles. The molecule has 11 atom stereocenters. The molecule has 0 bridgehead atoms. The zero-order valence-corrected chi connectivity index (χ0v) is 36.7. The van der Waals surface area contributed by atoms with Crippen molar-refractivity contribution in [3.63, 3.8) is 0 Å². The summed E-state index contributed by atoms with van der Waals surface area (Å²) >= 11 is 0. The molecule has 7 N–H and O–H groups in total. The highest BCUT2D eigenvalue weighted by atomic mass is 16.7. The molecule has 2 aliphatic rings. The highest BCUT2D eigenvalue weighted by Crippen LogP contribution is 2.26. The SMILES string of the molecule is CCC/C=C\CCCCCCCCOCC(COC1OC(COC2OC(CO)C(O)C(O)C2O)C(O)C(O)C1O)OC(=O)CCCCCCC/C=C\C/C=C\CCCCC. The van der Waals surface area contributed by atoms with Gasteiger partial charge < -0.3 is 64.2 Å². The molecule has 0 saturated carbocycles. The summed E-state index contributed by atoms with van der Waals surface area (Å²) in [6.07, 6.45) is 19.3. The van der Waals surface area contributed by atoms with E-state index < -0.39 is 86.7 Å². The lowest BCUT2D eigenvalue weighted by atomic mass is 9.98. The largest absolute Gasteiger partial charge is 0.457 e. The van der Waals surface area contributed by atoms with Gasteiger partial charge in [0, 0.05) is 13.0 Å². The van der Waals surface area contributed by atoms with E-state index in [1.54, 1.807) is 0 Å². The second-order valence-corrected chi connectivity index (χ2v) is 16.2. The van der Waals surface area contributed by atoms with Crippen molar-refractivity contribution in [3.8, 4) is 0 Å². The van der Waals surface area contributed by atoms with Crippen molar-refractivity contribution in [2.24, 2.45) is 0 Å². The molecule has 0 spiro atoms. The van der Waals surface area contributed by atoms with Gasteiger partial charge in [-0.05, 0) is 64.2 Å². The smallest absolute Gasteiger partial charge is 0.306 e. The van der Waals surface area contributed by atoms with Crippen LogP contribution in [0.25, 0.3) is 0 Å². The molecule has 11 unspecified atom stereocenters. The van der Waals surface area contributed by atoms with E-state index in [9.17, 15) is 40.5 Å². The van der Waals surface area contributed by atoms with Crippen LogP contribution in [0.15, 0.2) is 36.5 Å². The number of esters is 1. The van der Waals surface area contributed by atoms with E-state index in [0.717, 1.165) is 77.0 Å². The minimum Gasteiger partial charge on any atom is -0.457 e. The summed E-state index contributed by atoms with van der Waals surface area (Å²) in [6, 6.07) is 0. The van der Waals surface area contributed by atoms with Gasteiger partial charge >= 0.3 is 5.97 Å². The lowest BCUT2D eigenvalue weighted by Crippen LogP contribution is -2.61. The lowest BCUT2D eigenvalue weighted by Gasteiger charge is -2.42. The Morgan fingerprint density at radius 3 is 1.68 bits per heavy atom. The Kier molecular flexibility index (Phi) is 31.4. The van der Waals surface area contributed by atoms with Crippen molar-refractivity contribution >= 4 is 5.97 Å². The van der Waals surface area contributed by atoms with E-state index in [0.29, 0.717) is 13.0 Å². The molecular formula is C46H82O14. The molecule has 0 aromatic carbocycles. The summed E-state index contributed by atoms with van der Waals surface area (Å²) in [5.41, 5.74) is 0. The number of ether oxygens (including phenoxy) is 6. The third-order valence-electron chi connectivity index (χ3n) is 10.9. The van der Waals surface area contributed by atoms with E-state index in [4.69, 9.17) is 28.4 Å². The van der Waals surface area contributed by atoms with Gasteiger partial charge in [0.05, 0.1) is 26.4 Å².